The van der Waals surface area contributed by atoms with Gasteiger partial charge in [0.2, 0.25) is 0 Å². The van der Waals surface area contributed by atoms with Gasteiger partial charge in [-0.2, -0.15) is 0 Å². The molecule has 156 valence electrons. The van der Waals surface area contributed by atoms with Crippen LogP contribution in [0.2, 0.25) is 0 Å². The Morgan fingerprint density at radius 1 is 1.17 bits per heavy atom. The zero-order chi connectivity index (χ0) is 21.1. The molecule has 0 saturated heterocycles. The van der Waals surface area contributed by atoms with Gasteiger partial charge >= 0.3 is 6.03 Å². The minimum atomic E-state index is -3.36. The van der Waals surface area contributed by atoms with Crippen LogP contribution in [0.15, 0.2) is 30.3 Å². The van der Waals surface area contributed by atoms with Crippen LogP contribution in [0.4, 0.5) is 16.3 Å². The van der Waals surface area contributed by atoms with Crippen LogP contribution < -0.4 is 16.4 Å². The molecule has 1 saturated carbocycles. The van der Waals surface area contributed by atoms with Crippen molar-refractivity contribution in [2.24, 2.45) is 0 Å². The number of urea groups is 1. The van der Waals surface area contributed by atoms with Gasteiger partial charge in [-0.3, -0.25) is 0 Å². The Kier molecular flexibility index (Phi) is 6.07. The first kappa shape index (κ1) is 21.0. The Morgan fingerprint density at radius 2 is 1.83 bits per heavy atom. The third-order valence-electron chi connectivity index (χ3n) is 5.27. The number of nitrogens with zero attached hydrogens (tertiary/aromatic N) is 2. The molecule has 1 heterocycles. The average Bonchev–Trinajstić information content (AvgIpc) is 3.18. The summed E-state index contributed by atoms with van der Waals surface area (Å²) in [7, 11) is -3.36. The van der Waals surface area contributed by atoms with E-state index in [2.05, 4.69) is 20.6 Å². The number of anilines is 2. The topological polar surface area (TPSA) is 127 Å². The van der Waals surface area contributed by atoms with E-state index in [1.807, 2.05) is 6.92 Å². The van der Waals surface area contributed by atoms with Gasteiger partial charge in [-0.05, 0) is 43.5 Å². The lowest BCUT2D eigenvalue weighted by Gasteiger charge is -2.26. The first-order valence-corrected chi connectivity index (χ1v) is 11.6. The highest BCUT2D eigenvalue weighted by Gasteiger charge is 2.46. The molecule has 0 atom stereocenters. The fourth-order valence-corrected chi connectivity index (χ4v) is 5.22. The maximum atomic E-state index is 12.6. The molecule has 1 aliphatic carbocycles. The summed E-state index contributed by atoms with van der Waals surface area (Å²) in [6.07, 6.45) is 4.88. The number of hydrogen-bond donors (Lipinski definition) is 3. The normalized spacial score (nSPS) is 15.8. The lowest BCUT2D eigenvalue weighted by Crippen LogP contribution is -2.33. The highest BCUT2D eigenvalue weighted by atomic mass is 32.2. The summed E-state index contributed by atoms with van der Waals surface area (Å²) in [6, 6.07) is 8.35. The predicted octanol–water partition coefficient (Wildman–Crippen LogP) is 3.07. The van der Waals surface area contributed by atoms with Crippen LogP contribution in [0.1, 0.15) is 44.7 Å². The van der Waals surface area contributed by atoms with E-state index in [0.717, 1.165) is 19.3 Å². The molecule has 9 heteroatoms. The van der Waals surface area contributed by atoms with Gasteiger partial charge in [-0.25, -0.2) is 23.2 Å². The quantitative estimate of drug-likeness (QED) is 0.663. The molecule has 0 unspecified atom stereocenters. The van der Waals surface area contributed by atoms with Crippen molar-refractivity contribution in [1.29, 1.82) is 0 Å². The molecule has 1 aliphatic rings. The molecule has 0 bridgehead atoms. The van der Waals surface area contributed by atoms with E-state index in [9.17, 15) is 13.2 Å². The number of carbonyl (C=O) groups is 1. The van der Waals surface area contributed by atoms with Crippen LogP contribution >= 0.6 is 0 Å². The second-order valence-corrected chi connectivity index (χ2v) is 9.76. The summed E-state index contributed by atoms with van der Waals surface area (Å²) in [6.45, 7) is 2.58. The van der Waals surface area contributed by atoms with Crippen molar-refractivity contribution in [3.05, 3.63) is 36.0 Å². The van der Waals surface area contributed by atoms with Crippen molar-refractivity contribution >= 4 is 27.4 Å². The van der Waals surface area contributed by atoms with Crippen molar-refractivity contribution < 1.29 is 13.2 Å². The summed E-state index contributed by atoms with van der Waals surface area (Å²) in [5.74, 6) is 0.609. The molecule has 2 aromatic rings. The second kappa shape index (κ2) is 8.36. The van der Waals surface area contributed by atoms with E-state index in [1.165, 1.54) is 6.26 Å². The summed E-state index contributed by atoms with van der Waals surface area (Å²) < 4.78 is 24.2. The number of nitrogens with two attached hydrogens (primary N) is 1. The lowest BCUT2D eigenvalue weighted by molar-refractivity contribution is 0.252. The summed E-state index contributed by atoms with van der Waals surface area (Å²) in [4.78, 5) is 20.6. The van der Waals surface area contributed by atoms with Crippen molar-refractivity contribution in [1.82, 2.24) is 15.3 Å². The fourth-order valence-electron chi connectivity index (χ4n) is 3.71. The van der Waals surface area contributed by atoms with E-state index in [4.69, 9.17) is 5.73 Å². The molecule has 29 heavy (non-hydrogen) atoms. The number of aromatic nitrogens is 2. The Bertz CT molecular complexity index is 984. The maximum Gasteiger partial charge on any atom is 0.319 e. The van der Waals surface area contributed by atoms with Crippen molar-refractivity contribution in [2.45, 2.75) is 43.8 Å². The van der Waals surface area contributed by atoms with E-state index in [-0.39, 0.29) is 11.8 Å². The number of nitrogen functional groups attached to an aromatic ring is 1. The van der Waals surface area contributed by atoms with Gasteiger partial charge in [0.15, 0.2) is 15.7 Å². The standard InChI is InChI=1S/C20H27N5O3S/c1-3-12-22-19(26)23-15-8-6-14(7-9-15)18-24-16(13-17(21)25-18)20(29(2,27)28)10-4-5-11-20/h6-9,13H,3-5,10-12H2,1-2H3,(H2,21,24,25)(H2,22,23,26). The Labute approximate surface area is 171 Å². The molecule has 1 fully saturated rings. The number of rotatable bonds is 6. The highest BCUT2D eigenvalue weighted by molar-refractivity contribution is 7.91. The van der Waals surface area contributed by atoms with Gasteiger partial charge in [0, 0.05) is 30.1 Å². The number of benzene rings is 1. The molecule has 4 N–H and O–H groups in total. The summed E-state index contributed by atoms with van der Waals surface area (Å²) in [5, 5.41) is 5.50. The Morgan fingerprint density at radius 3 is 2.41 bits per heavy atom. The average molecular weight is 418 g/mol. The minimum Gasteiger partial charge on any atom is -0.384 e. The Hall–Kier alpha value is -2.68. The predicted molar refractivity (Wildman–Crippen MR) is 114 cm³/mol. The van der Waals surface area contributed by atoms with E-state index in [0.29, 0.717) is 42.2 Å². The first-order valence-electron chi connectivity index (χ1n) is 9.75. The zero-order valence-corrected chi connectivity index (χ0v) is 17.6. The van der Waals surface area contributed by atoms with Gasteiger partial charge in [-0.15, -0.1) is 0 Å². The monoisotopic (exact) mass is 417 g/mol. The molecular weight excluding hydrogens is 390 g/mol. The molecule has 8 nitrogen and oxygen atoms in total. The fraction of sp³-hybridized carbons (Fsp3) is 0.450. The molecule has 0 aliphatic heterocycles. The SMILES string of the molecule is CCCNC(=O)Nc1ccc(-c2nc(N)cc(C3(S(C)(=O)=O)CCCC3)n2)cc1. The van der Waals surface area contributed by atoms with E-state index in [1.54, 1.807) is 30.3 Å². The first-order chi connectivity index (χ1) is 13.7. The van der Waals surface area contributed by atoms with Gasteiger partial charge in [0.05, 0.1) is 5.69 Å². The van der Waals surface area contributed by atoms with Crippen LogP contribution in [-0.4, -0.2) is 37.2 Å². The number of hydrogen-bond acceptors (Lipinski definition) is 6. The summed E-state index contributed by atoms with van der Waals surface area (Å²) in [5.41, 5.74) is 7.79. The van der Waals surface area contributed by atoms with Crippen LogP contribution in [0, 0.1) is 0 Å². The van der Waals surface area contributed by atoms with Crippen molar-refractivity contribution in [3.63, 3.8) is 0 Å². The number of sulfone groups is 1. The minimum absolute atomic E-state index is 0.237. The number of nitrogens with one attached hydrogen (secondary N) is 2. The lowest BCUT2D eigenvalue weighted by atomic mass is 10.0. The van der Waals surface area contributed by atoms with Crippen molar-refractivity contribution in [3.8, 4) is 11.4 Å². The molecule has 3 rings (SSSR count). The largest absolute Gasteiger partial charge is 0.384 e. The number of amides is 2. The van der Waals surface area contributed by atoms with Gasteiger partial charge in [0.25, 0.3) is 0 Å². The number of carbonyl (C=O) groups excluding carboxylic acids is 1. The molecular formula is C20H27N5O3S. The van der Waals surface area contributed by atoms with Gasteiger partial charge in [0.1, 0.15) is 10.6 Å². The van der Waals surface area contributed by atoms with Crippen LogP contribution in [0.3, 0.4) is 0 Å². The molecule has 1 aromatic carbocycles. The van der Waals surface area contributed by atoms with Crippen LogP contribution in [0.5, 0.6) is 0 Å². The smallest absolute Gasteiger partial charge is 0.319 e. The molecule has 2 amide bonds. The highest BCUT2D eigenvalue weighted by Crippen LogP contribution is 2.45. The third kappa shape index (κ3) is 4.50. The van der Waals surface area contributed by atoms with Gasteiger partial charge in [-0.1, -0.05) is 19.8 Å². The maximum absolute atomic E-state index is 12.6. The van der Waals surface area contributed by atoms with E-state index < -0.39 is 14.6 Å². The van der Waals surface area contributed by atoms with Crippen LogP contribution in [-0.2, 0) is 14.6 Å². The second-order valence-electron chi connectivity index (χ2n) is 7.43. The van der Waals surface area contributed by atoms with E-state index >= 15 is 0 Å². The molecule has 0 spiro atoms. The molecule has 1 aromatic heterocycles. The zero-order valence-electron chi connectivity index (χ0n) is 16.7. The molecule has 0 radical (unpaired) electrons. The third-order valence-corrected chi connectivity index (χ3v) is 7.31. The van der Waals surface area contributed by atoms with Crippen molar-refractivity contribution in [2.75, 3.05) is 23.9 Å². The van der Waals surface area contributed by atoms with Crippen LogP contribution in [0.25, 0.3) is 11.4 Å². The summed E-state index contributed by atoms with van der Waals surface area (Å²) >= 11 is 0. The van der Waals surface area contributed by atoms with Gasteiger partial charge < -0.3 is 16.4 Å². The Balaban J connectivity index is 1.89.